The molecular weight excluding hydrogens is 687 g/mol. The lowest BCUT2D eigenvalue weighted by molar-refractivity contribution is 0.353. The molecule has 57 heavy (non-hydrogen) atoms. The average Bonchev–Trinajstić information content (AvgIpc) is 3.68. The number of hydrogen-bond donors (Lipinski definition) is 0. The number of benzene rings is 7. The zero-order valence-corrected chi connectivity index (χ0v) is 32.5. The van der Waals surface area contributed by atoms with E-state index in [1.54, 1.807) is 22.3 Å². The standard InChI is InChI=1S/C54H45BN2/c1-5-18-36(19-6-1)56-48-26-17-27-49-52(48)55(47-34-44-41(33-50(47)56)39-23-10-12-25-43(39)53(44)28-13-3-14-29-53)46-32-40-38-22-9-11-24-42(38)54(30-15-4-16-31-54)45(40)35-51(46)57(49)37-20-7-2-8-21-37/h1-2,5-12,17-27,32-35H,3-4,13-16,28-31H2. The van der Waals surface area contributed by atoms with Crippen LogP contribution < -0.4 is 26.2 Å². The van der Waals surface area contributed by atoms with E-state index in [1.165, 1.54) is 137 Å². The van der Waals surface area contributed by atoms with E-state index in [4.69, 9.17) is 0 Å². The van der Waals surface area contributed by atoms with Crippen molar-refractivity contribution in [2.45, 2.75) is 75.0 Å². The fourth-order valence-corrected chi connectivity index (χ4v) is 12.9. The van der Waals surface area contributed by atoms with E-state index in [2.05, 4.69) is 161 Å². The molecular formula is C54H45BN2. The van der Waals surface area contributed by atoms with Crippen LogP contribution >= 0.6 is 0 Å². The van der Waals surface area contributed by atoms with Crippen molar-refractivity contribution in [2.75, 3.05) is 9.80 Å². The minimum Gasteiger partial charge on any atom is -0.311 e. The third kappa shape index (κ3) is 4.22. The summed E-state index contributed by atoms with van der Waals surface area (Å²) in [4.78, 5) is 5.21. The molecule has 4 aliphatic carbocycles. The summed E-state index contributed by atoms with van der Waals surface area (Å²) in [6.45, 7) is 0.0937. The van der Waals surface area contributed by atoms with Gasteiger partial charge in [-0.05, 0) is 135 Å². The van der Waals surface area contributed by atoms with Crippen LogP contribution in [-0.2, 0) is 10.8 Å². The Morgan fingerprint density at radius 3 is 1.37 bits per heavy atom. The Morgan fingerprint density at radius 2 is 0.807 bits per heavy atom. The predicted octanol–water partition coefficient (Wildman–Crippen LogP) is 12.2. The smallest absolute Gasteiger partial charge is 0.252 e. The second-order valence-corrected chi connectivity index (χ2v) is 17.8. The van der Waals surface area contributed by atoms with Crippen molar-refractivity contribution in [1.82, 2.24) is 0 Å². The first-order valence-corrected chi connectivity index (χ1v) is 21.7. The summed E-state index contributed by atoms with van der Waals surface area (Å²) in [6.07, 6.45) is 12.8. The molecule has 0 atom stereocenters. The van der Waals surface area contributed by atoms with E-state index >= 15 is 0 Å². The van der Waals surface area contributed by atoms with Crippen molar-refractivity contribution in [3.63, 3.8) is 0 Å². The fourth-order valence-electron chi connectivity index (χ4n) is 12.9. The molecule has 0 N–H and O–H groups in total. The van der Waals surface area contributed by atoms with Gasteiger partial charge in [-0.3, -0.25) is 0 Å². The van der Waals surface area contributed by atoms with Crippen molar-refractivity contribution in [3.8, 4) is 22.3 Å². The van der Waals surface area contributed by atoms with Gasteiger partial charge in [-0.1, -0.05) is 142 Å². The molecule has 7 aromatic rings. The second kappa shape index (κ2) is 11.9. The number of fused-ring (bicyclic) bond motifs is 14. The summed E-state index contributed by atoms with van der Waals surface area (Å²) in [5, 5.41) is 0. The van der Waals surface area contributed by atoms with E-state index in [0.717, 1.165) is 0 Å². The Morgan fingerprint density at radius 1 is 0.351 bits per heavy atom. The Hall–Kier alpha value is -5.80. The molecule has 7 aromatic carbocycles. The third-order valence-electron chi connectivity index (χ3n) is 15.2. The van der Waals surface area contributed by atoms with Crippen molar-refractivity contribution < 1.29 is 0 Å². The molecule has 0 saturated heterocycles. The van der Waals surface area contributed by atoms with Gasteiger partial charge in [0.2, 0.25) is 0 Å². The molecule has 2 heterocycles. The summed E-state index contributed by atoms with van der Waals surface area (Å²) in [6, 6.07) is 58.9. The van der Waals surface area contributed by atoms with Crippen LogP contribution in [0, 0.1) is 0 Å². The van der Waals surface area contributed by atoms with Crippen LogP contribution in [0.4, 0.5) is 34.1 Å². The highest BCUT2D eigenvalue weighted by atomic mass is 15.2. The summed E-state index contributed by atoms with van der Waals surface area (Å²) < 4.78 is 0. The molecule has 2 nitrogen and oxygen atoms in total. The van der Waals surface area contributed by atoms with Crippen LogP contribution in [0.15, 0.2) is 152 Å². The number of nitrogens with zero attached hydrogens (tertiary/aromatic N) is 2. The number of hydrogen-bond acceptors (Lipinski definition) is 2. The lowest BCUT2D eigenvalue weighted by Gasteiger charge is -2.45. The molecule has 0 amide bonds. The van der Waals surface area contributed by atoms with Gasteiger partial charge in [0.25, 0.3) is 6.71 Å². The van der Waals surface area contributed by atoms with Crippen LogP contribution in [0.25, 0.3) is 22.3 Å². The van der Waals surface area contributed by atoms with Gasteiger partial charge in [-0.2, -0.15) is 0 Å². The first kappa shape index (κ1) is 32.3. The molecule has 0 bridgehead atoms. The maximum atomic E-state index is 2.72. The topological polar surface area (TPSA) is 6.48 Å². The number of rotatable bonds is 2. The van der Waals surface area contributed by atoms with Crippen molar-refractivity contribution in [3.05, 3.63) is 174 Å². The lowest BCUT2D eigenvalue weighted by Crippen LogP contribution is -2.61. The first-order valence-electron chi connectivity index (χ1n) is 21.7. The Balaban J connectivity index is 1.14. The quantitative estimate of drug-likeness (QED) is 0.163. The van der Waals surface area contributed by atoms with Gasteiger partial charge in [0.1, 0.15) is 0 Å². The molecule has 274 valence electrons. The van der Waals surface area contributed by atoms with Gasteiger partial charge in [0, 0.05) is 45.0 Å². The summed E-state index contributed by atoms with van der Waals surface area (Å²) in [5.41, 5.74) is 24.2. The van der Waals surface area contributed by atoms with Crippen LogP contribution in [0.5, 0.6) is 0 Å². The van der Waals surface area contributed by atoms with E-state index in [-0.39, 0.29) is 17.5 Å². The monoisotopic (exact) mass is 732 g/mol. The highest BCUT2D eigenvalue weighted by molar-refractivity contribution is 7.00. The van der Waals surface area contributed by atoms with Gasteiger partial charge in [0.15, 0.2) is 0 Å². The predicted molar refractivity (Wildman–Crippen MR) is 239 cm³/mol. The fraction of sp³-hybridized carbons (Fsp3) is 0.222. The van der Waals surface area contributed by atoms with Gasteiger partial charge in [-0.15, -0.1) is 0 Å². The normalized spacial score (nSPS) is 18.4. The minimum absolute atomic E-state index is 0.0778. The molecule has 2 aliphatic heterocycles. The van der Waals surface area contributed by atoms with Gasteiger partial charge in [0.05, 0.1) is 0 Å². The SMILES string of the molecule is c1ccc(N2c3cc4c(cc3B3c5cc6c(cc5N(c5ccccc5)c5cccc2c53)C2(CCCCC2)c2ccccc2-6)C2(CCCCC2)c2ccccc2-4)cc1. The Labute approximate surface area is 336 Å². The Bertz CT molecular complexity index is 2770. The van der Waals surface area contributed by atoms with E-state index in [9.17, 15) is 0 Å². The average molecular weight is 733 g/mol. The molecule has 0 radical (unpaired) electrons. The third-order valence-corrected chi connectivity index (χ3v) is 15.2. The number of anilines is 6. The van der Waals surface area contributed by atoms with Crippen LogP contribution in [0.3, 0.4) is 0 Å². The zero-order chi connectivity index (χ0) is 37.3. The maximum Gasteiger partial charge on any atom is 0.252 e. The molecule has 3 heteroatoms. The highest BCUT2D eigenvalue weighted by Gasteiger charge is 2.50. The van der Waals surface area contributed by atoms with Gasteiger partial charge in [-0.25, -0.2) is 0 Å². The molecule has 13 rings (SSSR count). The Kier molecular flexibility index (Phi) is 6.73. The number of para-hydroxylation sites is 2. The highest BCUT2D eigenvalue weighted by Crippen LogP contribution is 2.59. The molecule has 2 spiro atoms. The largest absolute Gasteiger partial charge is 0.311 e. The summed E-state index contributed by atoms with van der Waals surface area (Å²) in [7, 11) is 0. The molecule has 0 aromatic heterocycles. The molecule has 2 saturated carbocycles. The zero-order valence-electron chi connectivity index (χ0n) is 32.5. The van der Waals surface area contributed by atoms with Crippen molar-refractivity contribution >= 4 is 57.2 Å². The maximum absolute atomic E-state index is 2.72. The lowest BCUT2D eigenvalue weighted by atomic mass is 9.33. The molecule has 6 aliphatic rings. The van der Waals surface area contributed by atoms with Gasteiger partial charge >= 0.3 is 0 Å². The van der Waals surface area contributed by atoms with E-state index < -0.39 is 0 Å². The summed E-state index contributed by atoms with van der Waals surface area (Å²) in [5.74, 6) is 0. The summed E-state index contributed by atoms with van der Waals surface area (Å²) >= 11 is 0. The van der Waals surface area contributed by atoms with E-state index in [1.807, 2.05) is 0 Å². The first-order chi connectivity index (χ1) is 28.3. The second-order valence-electron chi connectivity index (χ2n) is 17.8. The van der Waals surface area contributed by atoms with Crippen LogP contribution in [-0.4, -0.2) is 6.71 Å². The minimum atomic E-state index is 0.0778. The van der Waals surface area contributed by atoms with E-state index in [0.29, 0.717) is 0 Å². The van der Waals surface area contributed by atoms with Crippen LogP contribution in [0.1, 0.15) is 86.5 Å². The van der Waals surface area contributed by atoms with Gasteiger partial charge < -0.3 is 9.80 Å². The van der Waals surface area contributed by atoms with Crippen LogP contribution in [0.2, 0.25) is 0 Å². The molecule has 2 fully saturated rings. The van der Waals surface area contributed by atoms with Crippen molar-refractivity contribution in [2.24, 2.45) is 0 Å². The van der Waals surface area contributed by atoms with Crippen molar-refractivity contribution in [1.29, 1.82) is 0 Å². The molecule has 0 unspecified atom stereocenters.